The molecule has 1 aromatic heterocycles. The monoisotopic (exact) mass is 365 g/mol. The molecule has 0 fully saturated rings. The molecule has 2 aromatic rings. The first-order valence-corrected chi connectivity index (χ1v) is 10.1. The number of nitrogens with one attached hydrogen (secondary N) is 1. The van der Waals surface area contributed by atoms with Crippen molar-refractivity contribution in [2.24, 2.45) is 0 Å². The van der Waals surface area contributed by atoms with Gasteiger partial charge in [0.1, 0.15) is 6.04 Å². The minimum Gasteiger partial charge on any atom is -0.301 e. The van der Waals surface area contributed by atoms with Gasteiger partial charge in [-0.3, -0.25) is 4.79 Å². The highest BCUT2D eigenvalue weighted by Crippen LogP contribution is 2.27. The molecule has 0 saturated heterocycles. The molecule has 8 heteroatoms. The Bertz CT molecular complexity index is 861. The van der Waals surface area contributed by atoms with Gasteiger partial charge in [-0.15, -0.1) is 11.3 Å². The van der Waals surface area contributed by atoms with Crippen LogP contribution in [0.2, 0.25) is 0 Å². The molecule has 24 heavy (non-hydrogen) atoms. The van der Waals surface area contributed by atoms with Crippen molar-refractivity contribution in [1.29, 1.82) is 0 Å². The Kier molecular flexibility index (Phi) is 4.71. The van der Waals surface area contributed by atoms with Crippen molar-refractivity contribution in [2.45, 2.75) is 32.9 Å². The molecule has 6 nitrogen and oxygen atoms in total. The van der Waals surface area contributed by atoms with Crippen LogP contribution in [0.15, 0.2) is 30.5 Å². The summed E-state index contributed by atoms with van der Waals surface area (Å²) in [7, 11) is -3.49. The number of hydrogen-bond acceptors (Lipinski definition) is 5. The number of rotatable bonds is 4. The minimum atomic E-state index is -3.49. The van der Waals surface area contributed by atoms with Crippen molar-refractivity contribution in [2.75, 3.05) is 11.1 Å². The standard InChI is InChI=1S/C16H19N3O3S2/c1-3-24(21,22)19-10-13-7-5-4-6-12(13)8-14(19)15(20)18-16-17-9-11(2)23-16/h4-7,9,14H,3,8,10H2,1-2H3,(H,17,18,20)/t14-/m0/s1. The number of sulfonamides is 1. The highest BCUT2D eigenvalue weighted by Gasteiger charge is 2.38. The fraction of sp³-hybridized carbons (Fsp3) is 0.375. The highest BCUT2D eigenvalue weighted by molar-refractivity contribution is 7.89. The molecular formula is C16H19N3O3S2. The van der Waals surface area contributed by atoms with Crippen LogP contribution in [-0.4, -0.2) is 35.4 Å². The average molecular weight is 365 g/mol. The Labute approximate surface area is 145 Å². The molecule has 1 atom stereocenters. The van der Waals surface area contributed by atoms with E-state index in [-0.39, 0.29) is 18.2 Å². The first-order valence-electron chi connectivity index (χ1n) is 7.70. The molecule has 0 spiro atoms. The van der Waals surface area contributed by atoms with E-state index in [0.29, 0.717) is 11.6 Å². The van der Waals surface area contributed by atoms with Crippen LogP contribution >= 0.6 is 11.3 Å². The van der Waals surface area contributed by atoms with Crippen LogP contribution in [0, 0.1) is 6.92 Å². The van der Waals surface area contributed by atoms with Crippen LogP contribution in [0.5, 0.6) is 0 Å². The van der Waals surface area contributed by atoms with Crippen molar-refractivity contribution in [3.8, 4) is 0 Å². The van der Waals surface area contributed by atoms with E-state index in [0.717, 1.165) is 16.0 Å². The smallest absolute Gasteiger partial charge is 0.244 e. The lowest BCUT2D eigenvalue weighted by Gasteiger charge is -2.34. The number of carbonyl (C=O) groups excluding carboxylic acids is 1. The Morgan fingerprint density at radius 3 is 2.71 bits per heavy atom. The summed E-state index contributed by atoms with van der Waals surface area (Å²) in [5.74, 6) is -0.370. The molecule has 1 aromatic carbocycles. The maximum absolute atomic E-state index is 12.7. The van der Waals surface area contributed by atoms with Crippen molar-refractivity contribution in [1.82, 2.24) is 9.29 Å². The van der Waals surface area contributed by atoms with Gasteiger partial charge in [0, 0.05) is 17.6 Å². The fourth-order valence-corrected chi connectivity index (χ4v) is 4.67. The van der Waals surface area contributed by atoms with Gasteiger partial charge in [0.05, 0.1) is 5.75 Å². The highest BCUT2D eigenvalue weighted by atomic mass is 32.2. The van der Waals surface area contributed by atoms with E-state index >= 15 is 0 Å². The Morgan fingerprint density at radius 2 is 2.08 bits per heavy atom. The molecule has 1 aliphatic rings. The van der Waals surface area contributed by atoms with Crippen molar-refractivity contribution in [3.63, 3.8) is 0 Å². The normalized spacial score (nSPS) is 18.2. The predicted octanol–water partition coefficient (Wildman–Crippen LogP) is 2.17. The van der Waals surface area contributed by atoms with Crippen LogP contribution in [0.25, 0.3) is 0 Å². The molecule has 1 N–H and O–H groups in total. The third-order valence-corrected chi connectivity index (χ3v) is 6.74. The van der Waals surface area contributed by atoms with Gasteiger partial charge >= 0.3 is 0 Å². The zero-order valence-electron chi connectivity index (χ0n) is 13.5. The van der Waals surface area contributed by atoms with Crippen molar-refractivity contribution < 1.29 is 13.2 Å². The topological polar surface area (TPSA) is 79.4 Å². The summed E-state index contributed by atoms with van der Waals surface area (Å²) < 4.78 is 26.2. The van der Waals surface area contributed by atoms with Gasteiger partial charge in [-0.25, -0.2) is 13.4 Å². The van der Waals surface area contributed by atoms with E-state index in [1.807, 2.05) is 31.2 Å². The van der Waals surface area contributed by atoms with E-state index in [1.54, 1.807) is 13.1 Å². The summed E-state index contributed by atoms with van der Waals surface area (Å²) in [4.78, 5) is 17.8. The van der Waals surface area contributed by atoms with E-state index < -0.39 is 16.1 Å². The van der Waals surface area contributed by atoms with E-state index in [9.17, 15) is 13.2 Å². The molecule has 0 aliphatic carbocycles. The molecule has 1 amide bonds. The Hall–Kier alpha value is -1.77. The van der Waals surface area contributed by atoms with Gasteiger partial charge in [-0.1, -0.05) is 24.3 Å². The Morgan fingerprint density at radius 1 is 1.38 bits per heavy atom. The zero-order chi connectivity index (χ0) is 17.3. The lowest BCUT2D eigenvalue weighted by atomic mass is 9.95. The molecule has 2 heterocycles. The average Bonchev–Trinajstić information content (AvgIpc) is 2.98. The number of fused-ring (bicyclic) bond motifs is 1. The number of aromatic nitrogens is 1. The quantitative estimate of drug-likeness (QED) is 0.900. The number of carbonyl (C=O) groups is 1. The zero-order valence-corrected chi connectivity index (χ0v) is 15.2. The second-order valence-electron chi connectivity index (χ2n) is 5.70. The first kappa shape index (κ1) is 17.1. The second-order valence-corrected chi connectivity index (χ2v) is 9.14. The number of amides is 1. The summed E-state index contributed by atoms with van der Waals surface area (Å²) in [5, 5.41) is 3.24. The van der Waals surface area contributed by atoms with Gasteiger partial charge in [0.2, 0.25) is 15.9 Å². The largest absolute Gasteiger partial charge is 0.301 e. The van der Waals surface area contributed by atoms with E-state index in [2.05, 4.69) is 10.3 Å². The number of hydrogen-bond donors (Lipinski definition) is 1. The third kappa shape index (κ3) is 3.35. The first-order chi connectivity index (χ1) is 11.4. The SMILES string of the molecule is CCS(=O)(=O)N1Cc2ccccc2C[C@H]1C(=O)Nc1ncc(C)s1. The molecule has 1 aliphatic heterocycles. The summed E-state index contributed by atoms with van der Waals surface area (Å²) in [5.41, 5.74) is 1.96. The molecule has 128 valence electrons. The van der Waals surface area contributed by atoms with Crippen LogP contribution < -0.4 is 5.32 Å². The van der Waals surface area contributed by atoms with Crippen LogP contribution in [0.3, 0.4) is 0 Å². The minimum absolute atomic E-state index is 0.0324. The van der Waals surface area contributed by atoms with Gasteiger partial charge in [-0.05, 0) is 31.4 Å². The second kappa shape index (κ2) is 6.62. The van der Waals surface area contributed by atoms with Crippen LogP contribution in [0.1, 0.15) is 22.9 Å². The number of anilines is 1. The molecule has 0 bridgehead atoms. The predicted molar refractivity (Wildman–Crippen MR) is 94.4 cm³/mol. The van der Waals surface area contributed by atoms with Crippen LogP contribution in [0.4, 0.5) is 5.13 Å². The van der Waals surface area contributed by atoms with Gasteiger partial charge < -0.3 is 5.32 Å². The van der Waals surface area contributed by atoms with Crippen molar-refractivity contribution in [3.05, 3.63) is 46.5 Å². The number of nitrogens with zero attached hydrogens (tertiary/aromatic N) is 2. The maximum atomic E-state index is 12.7. The number of benzene rings is 1. The van der Waals surface area contributed by atoms with Crippen molar-refractivity contribution >= 4 is 32.4 Å². The molecule has 0 radical (unpaired) electrons. The lowest BCUT2D eigenvalue weighted by Crippen LogP contribution is -2.51. The molecule has 3 rings (SSSR count). The lowest BCUT2D eigenvalue weighted by molar-refractivity contribution is -0.120. The third-order valence-electron chi connectivity index (χ3n) is 4.08. The molecule has 0 saturated carbocycles. The van der Waals surface area contributed by atoms with Gasteiger partial charge in [-0.2, -0.15) is 4.31 Å². The summed E-state index contributed by atoms with van der Waals surface area (Å²) in [6, 6.07) is 6.88. The summed E-state index contributed by atoms with van der Waals surface area (Å²) in [6.45, 7) is 3.72. The van der Waals surface area contributed by atoms with E-state index in [1.165, 1.54) is 15.6 Å². The van der Waals surface area contributed by atoms with Crippen LogP contribution in [-0.2, 0) is 27.8 Å². The number of thiazole rings is 1. The van der Waals surface area contributed by atoms with E-state index in [4.69, 9.17) is 0 Å². The summed E-state index contributed by atoms with van der Waals surface area (Å²) >= 11 is 1.37. The number of aryl methyl sites for hydroxylation is 1. The van der Waals surface area contributed by atoms with Gasteiger partial charge in [0.15, 0.2) is 5.13 Å². The summed E-state index contributed by atoms with van der Waals surface area (Å²) in [6.07, 6.45) is 2.04. The molecule has 0 unspecified atom stereocenters. The maximum Gasteiger partial charge on any atom is 0.244 e. The van der Waals surface area contributed by atoms with Gasteiger partial charge in [0.25, 0.3) is 0 Å². The molecular weight excluding hydrogens is 346 g/mol. The Balaban J connectivity index is 1.91. The fourth-order valence-electron chi connectivity index (χ4n) is 2.78.